The van der Waals surface area contributed by atoms with E-state index in [1.54, 1.807) is 13.8 Å². The zero-order valence-corrected chi connectivity index (χ0v) is 12.7. The molecule has 0 saturated carbocycles. The van der Waals surface area contributed by atoms with Crippen LogP contribution in [0, 0.1) is 5.41 Å². The van der Waals surface area contributed by atoms with Crippen LogP contribution in [0.2, 0.25) is 0 Å². The molecule has 5 heteroatoms. The number of piperidine rings is 1. The van der Waals surface area contributed by atoms with Crippen LogP contribution in [0.25, 0.3) is 0 Å². The summed E-state index contributed by atoms with van der Waals surface area (Å²) >= 11 is 0. The van der Waals surface area contributed by atoms with Crippen molar-refractivity contribution in [3.63, 3.8) is 0 Å². The van der Waals surface area contributed by atoms with Gasteiger partial charge in [-0.05, 0) is 51.6 Å². The third kappa shape index (κ3) is 3.93. The lowest BCUT2D eigenvalue weighted by Gasteiger charge is -2.40. The van der Waals surface area contributed by atoms with Gasteiger partial charge in [0, 0.05) is 13.2 Å². The van der Waals surface area contributed by atoms with Crippen molar-refractivity contribution in [2.45, 2.75) is 45.3 Å². The Hall–Kier alpha value is -0.130. The maximum Gasteiger partial charge on any atom is 0.153 e. The van der Waals surface area contributed by atoms with Gasteiger partial charge in [0.1, 0.15) is 0 Å². The van der Waals surface area contributed by atoms with E-state index in [9.17, 15) is 13.5 Å². The molecule has 108 valence electrons. The number of hydrogen-bond acceptors (Lipinski definition) is 4. The number of sulfone groups is 1. The second-order valence-electron chi connectivity index (χ2n) is 5.77. The average molecular weight is 277 g/mol. The number of aliphatic hydroxyl groups is 1. The van der Waals surface area contributed by atoms with Gasteiger partial charge in [0.15, 0.2) is 9.84 Å². The van der Waals surface area contributed by atoms with Crippen LogP contribution in [0.5, 0.6) is 0 Å². The molecule has 1 aliphatic heterocycles. The van der Waals surface area contributed by atoms with Crippen LogP contribution in [-0.4, -0.2) is 55.7 Å². The first-order chi connectivity index (χ1) is 8.35. The quantitative estimate of drug-likeness (QED) is 0.795. The topological polar surface area (TPSA) is 57.6 Å². The summed E-state index contributed by atoms with van der Waals surface area (Å²) in [6.07, 6.45) is 2.95. The Morgan fingerprint density at radius 1 is 1.28 bits per heavy atom. The fourth-order valence-electron chi connectivity index (χ4n) is 2.37. The minimum Gasteiger partial charge on any atom is -0.396 e. The summed E-state index contributed by atoms with van der Waals surface area (Å²) < 4.78 is 23.5. The first-order valence-corrected chi connectivity index (χ1v) is 8.61. The van der Waals surface area contributed by atoms with E-state index >= 15 is 0 Å². The highest BCUT2D eigenvalue weighted by atomic mass is 32.2. The van der Waals surface area contributed by atoms with Gasteiger partial charge >= 0.3 is 0 Å². The van der Waals surface area contributed by atoms with Gasteiger partial charge in [-0.3, -0.25) is 0 Å². The molecule has 1 N–H and O–H groups in total. The Balaban J connectivity index is 2.41. The van der Waals surface area contributed by atoms with Gasteiger partial charge in [-0.2, -0.15) is 0 Å². The monoisotopic (exact) mass is 277 g/mol. The molecule has 0 aliphatic carbocycles. The van der Waals surface area contributed by atoms with Gasteiger partial charge < -0.3 is 10.0 Å². The molecular weight excluding hydrogens is 250 g/mol. The van der Waals surface area contributed by atoms with Gasteiger partial charge in [-0.25, -0.2) is 8.42 Å². The molecule has 1 saturated heterocycles. The molecular formula is C13H27NO3S. The Morgan fingerprint density at radius 3 is 2.22 bits per heavy atom. The van der Waals surface area contributed by atoms with Crippen LogP contribution >= 0.6 is 0 Å². The molecule has 0 atom stereocenters. The van der Waals surface area contributed by atoms with Gasteiger partial charge in [0.25, 0.3) is 0 Å². The van der Waals surface area contributed by atoms with Crippen molar-refractivity contribution in [1.29, 1.82) is 0 Å². The molecule has 4 nitrogen and oxygen atoms in total. The minimum absolute atomic E-state index is 0.0768. The first-order valence-electron chi connectivity index (χ1n) is 6.90. The van der Waals surface area contributed by atoms with E-state index in [-0.39, 0.29) is 23.0 Å². The summed E-state index contributed by atoms with van der Waals surface area (Å²) in [5, 5.41) is 9.16. The highest BCUT2D eigenvalue weighted by Crippen LogP contribution is 2.34. The van der Waals surface area contributed by atoms with Crippen molar-refractivity contribution >= 4 is 9.84 Å². The molecule has 0 spiro atoms. The largest absolute Gasteiger partial charge is 0.396 e. The standard InChI is InChI=1S/C13H27NO3S/c1-4-13(11-15)5-7-14(8-6-13)9-10-18(16,17)12(2)3/h12,15H,4-11H2,1-3H3. The number of nitrogens with zero attached hydrogens (tertiary/aromatic N) is 1. The molecule has 0 amide bonds. The van der Waals surface area contributed by atoms with E-state index < -0.39 is 9.84 Å². The second kappa shape index (κ2) is 6.35. The molecule has 0 aromatic carbocycles. The number of likely N-dealkylation sites (tertiary alicyclic amines) is 1. The van der Waals surface area contributed by atoms with Crippen molar-refractivity contribution in [1.82, 2.24) is 4.90 Å². The van der Waals surface area contributed by atoms with Gasteiger partial charge in [0.05, 0.1) is 11.0 Å². The molecule has 1 fully saturated rings. The predicted octanol–water partition coefficient (Wildman–Crippen LogP) is 1.29. The molecule has 0 aromatic rings. The lowest BCUT2D eigenvalue weighted by molar-refractivity contribution is 0.0431. The van der Waals surface area contributed by atoms with Crippen molar-refractivity contribution in [3.8, 4) is 0 Å². The summed E-state index contributed by atoms with van der Waals surface area (Å²) in [5.41, 5.74) is 0.0768. The lowest BCUT2D eigenvalue weighted by Crippen LogP contribution is -2.43. The number of aliphatic hydroxyl groups excluding tert-OH is 1. The predicted molar refractivity (Wildman–Crippen MR) is 74.4 cm³/mol. The third-order valence-corrected chi connectivity index (χ3v) is 6.60. The van der Waals surface area contributed by atoms with E-state index in [4.69, 9.17) is 0 Å². The normalized spacial score (nSPS) is 21.4. The van der Waals surface area contributed by atoms with Crippen molar-refractivity contribution in [3.05, 3.63) is 0 Å². The highest BCUT2D eigenvalue weighted by Gasteiger charge is 2.32. The number of hydrogen-bond donors (Lipinski definition) is 1. The van der Waals surface area contributed by atoms with Crippen molar-refractivity contribution in [2.24, 2.45) is 5.41 Å². The molecule has 1 rings (SSSR count). The first kappa shape index (κ1) is 15.9. The van der Waals surface area contributed by atoms with Crippen LogP contribution in [-0.2, 0) is 9.84 Å². The van der Waals surface area contributed by atoms with Gasteiger partial charge in [0.2, 0.25) is 0 Å². The average Bonchev–Trinajstić information content (AvgIpc) is 2.37. The summed E-state index contributed by atoms with van der Waals surface area (Å²) in [7, 11) is -2.93. The van der Waals surface area contributed by atoms with E-state index in [1.165, 1.54) is 0 Å². The SMILES string of the molecule is CCC1(CO)CCN(CCS(=O)(=O)C(C)C)CC1. The van der Waals surface area contributed by atoms with E-state index in [0.717, 1.165) is 32.4 Å². The summed E-state index contributed by atoms with van der Waals surface area (Å²) in [6.45, 7) is 8.28. The van der Waals surface area contributed by atoms with Crippen molar-refractivity contribution in [2.75, 3.05) is 32.0 Å². The second-order valence-corrected chi connectivity index (χ2v) is 8.45. The Kier molecular flexibility index (Phi) is 5.62. The lowest BCUT2D eigenvalue weighted by atomic mass is 9.77. The van der Waals surface area contributed by atoms with E-state index in [2.05, 4.69) is 11.8 Å². The smallest absolute Gasteiger partial charge is 0.153 e. The fraction of sp³-hybridized carbons (Fsp3) is 1.00. The fourth-order valence-corrected chi connectivity index (χ4v) is 3.35. The Labute approximate surface area is 111 Å². The van der Waals surface area contributed by atoms with Gasteiger partial charge in [-0.15, -0.1) is 0 Å². The summed E-state index contributed by atoms with van der Waals surface area (Å²) in [6, 6.07) is 0. The Bertz CT molecular complexity index is 337. The Morgan fingerprint density at radius 2 is 1.83 bits per heavy atom. The maximum absolute atomic E-state index is 11.7. The molecule has 18 heavy (non-hydrogen) atoms. The van der Waals surface area contributed by atoms with E-state index in [0.29, 0.717) is 6.54 Å². The molecule has 1 aliphatic rings. The van der Waals surface area contributed by atoms with Crippen LogP contribution in [0.4, 0.5) is 0 Å². The highest BCUT2D eigenvalue weighted by molar-refractivity contribution is 7.92. The molecule has 0 unspecified atom stereocenters. The maximum atomic E-state index is 11.7. The van der Waals surface area contributed by atoms with Crippen molar-refractivity contribution < 1.29 is 13.5 Å². The van der Waals surface area contributed by atoms with E-state index in [1.807, 2.05) is 0 Å². The summed E-state index contributed by atoms with van der Waals surface area (Å²) in [4.78, 5) is 2.21. The minimum atomic E-state index is -2.93. The van der Waals surface area contributed by atoms with Crippen LogP contribution < -0.4 is 0 Å². The van der Waals surface area contributed by atoms with Crippen LogP contribution in [0.3, 0.4) is 0 Å². The molecule has 1 heterocycles. The van der Waals surface area contributed by atoms with Gasteiger partial charge in [-0.1, -0.05) is 6.92 Å². The zero-order valence-electron chi connectivity index (χ0n) is 11.9. The number of rotatable bonds is 6. The zero-order chi connectivity index (χ0) is 13.8. The molecule has 0 bridgehead atoms. The summed E-state index contributed by atoms with van der Waals surface area (Å²) in [5.74, 6) is 0.253. The molecule has 0 radical (unpaired) electrons. The molecule has 0 aromatic heterocycles. The van der Waals surface area contributed by atoms with Crippen LogP contribution in [0.15, 0.2) is 0 Å². The third-order valence-electron chi connectivity index (χ3n) is 4.41. The van der Waals surface area contributed by atoms with Crippen LogP contribution in [0.1, 0.15) is 40.0 Å².